The molecule has 346 valence electrons. The Balaban J connectivity index is 1.34. The third-order valence-corrected chi connectivity index (χ3v) is 10.7. The summed E-state index contributed by atoms with van der Waals surface area (Å²) in [6, 6.07) is 6.81. The molecule has 0 aliphatic carbocycles. The fourth-order valence-corrected chi connectivity index (χ4v) is 7.12. The topological polar surface area (TPSA) is 240 Å². The number of carbonyl (C=O) groups excluding carboxylic acids is 5. The molecule has 0 bridgehead atoms. The number of alkyl carbamates (subject to hydrolysis) is 1. The Bertz CT molecular complexity index is 1810. The summed E-state index contributed by atoms with van der Waals surface area (Å²) in [5.74, 6) is -1.22. The summed E-state index contributed by atoms with van der Waals surface area (Å²) in [5.41, 5.74) is 1.38. The quantitative estimate of drug-likeness (QED) is 0.0606. The van der Waals surface area contributed by atoms with Crippen LogP contribution >= 0.6 is 23.2 Å². The molecule has 19 heteroatoms. The number of benzene rings is 2. The van der Waals surface area contributed by atoms with Crippen molar-refractivity contribution in [1.82, 2.24) is 21.3 Å². The molecule has 7 N–H and O–H groups in total. The fourth-order valence-electron chi connectivity index (χ4n) is 6.56. The lowest BCUT2D eigenvalue weighted by atomic mass is 9.96. The van der Waals surface area contributed by atoms with Gasteiger partial charge in [0.1, 0.15) is 42.6 Å². The molecule has 1 saturated heterocycles. The van der Waals surface area contributed by atoms with Gasteiger partial charge in [0.05, 0.1) is 23.8 Å². The van der Waals surface area contributed by atoms with E-state index in [4.69, 9.17) is 46.9 Å². The van der Waals surface area contributed by atoms with Crippen LogP contribution in [-0.4, -0.2) is 115 Å². The first kappa shape index (κ1) is 52.1. The highest BCUT2D eigenvalue weighted by Crippen LogP contribution is 2.38. The lowest BCUT2D eigenvalue weighted by molar-refractivity contribution is -0.261. The minimum absolute atomic E-state index is 0.0635. The van der Waals surface area contributed by atoms with Gasteiger partial charge in [-0.25, -0.2) is 9.59 Å². The van der Waals surface area contributed by atoms with Crippen molar-refractivity contribution >= 4 is 53.0 Å². The molecule has 0 aromatic heterocycles. The third kappa shape index (κ3) is 16.8. The number of unbranched alkanes of at least 4 members (excludes halogenated alkanes) is 4. The molecule has 0 radical (unpaired) electrons. The fraction of sp³-hybridized carbons (Fsp3) is 0.605. The number of methoxy groups -OCH3 is 2. The van der Waals surface area contributed by atoms with Gasteiger partial charge in [0, 0.05) is 38.6 Å². The van der Waals surface area contributed by atoms with Gasteiger partial charge in [0.25, 0.3) is 5.91 Å². The van der Waals surface area contributed by atoms with Gasteiger partial charge < -0.3 is 60.3 Å². The molecule has 0 saturated carbocycles. The van der Waals surface area contributed by atoms with Gasteiger partial charge in [-0.05, 0) is 82.6 Å². The average Bonchev–Trinajstić information content (AvgIpc) is 3.22. The first-order valence-corrected chi connectivity index (χ1v) is 21.4. The van der Waals surface area contributed by atoms with E-state index in [0.29, 0.717) is 63.6 Å². The maximum Gasteiger partial charge on any atom is 0.408 e. The summed E-state index contributed by atoms with van der Waals surface area (Å²) >= 11 is 13.2. The molecule has 2 aromatic carbocycles. The van der Waals surface area contributed by atoms with Gasteiger partial charge in [0.15, 0.2) is 12.0 Å². The number of aliphatic hydroxyl groups is 3. The molecule has 17 nitrogen and oxygen atoms in total. The van der Waals surface area contributed by atoms with Crippen LogP contribution in [0.15, 0.2) is 30.3 Å². The van der Waals surface area contributed by atoms with E-state index < -0.39 is 66.9 Å². The second-order valence-electron chi connectivity index (χ2n) is 16.0. The molecule has 3 rings (SSSR count). The van der Waals surface area contributed by atoms with Gasteiger partial charge in [-0.3, -0.25) is 14.4 Å². The van der Waals surface area contributed by atoms with Crippen LogP contribution in [0.2, 0.25) is 10.0 Å². The van der Waals surface area contributed by atoms with Crippen LogP contribution in [0.25, 0.3) is 0 Å². The van der Waals surface area contributed by atoms with E-state index in [9.17, 15) is 39.3 Å². The Morgan fingerprint density at radius 3 is 2.18 bits per heavy atom. The number of amides is 4. The summed E-state index contributed by atoms with van der Waals surface area (Å²) in [4.78, 5) is 62.3. The number of aliphatic hydroxyl groups excluding tert-OH is 3. The van der Waals surface area contributed by atoms with Crippen LogP contribution in [-0.2, 0) is 46.5 Å². The molecule has 1 heterocycles. The van der Waals surface area contributed by atoms with E-state index in [-0.39, 0.29) is 39.8 Å². The SMILES string of the molecule is COC(=O)[C@H](CCCCNC(=O)CCCCCCC(=O)NCc1cccc(COc2c(Cl)cc(C(=O)N[C@H]3[C@@H](OC)O[C@H](CO)[C@@H](O)[C@@H]3O)c(C)c2Cl)c1)NC(=O)OC(C)(C)C. The van der Waals surface area contributed by atoms with Crippen LogP contribution in [0.3, 0.4) is 0 Å². The highest BCUT2D eigenvalue weighted by atomic mass is 35.5. The lowest BCUT2D eigenvalue weighted by Gasteiger charge is -2.41. The number of hydrogen-bond acceptors (Lipinski definition) is 13. The summed E-state index contributed by atoms with van der Waals surface area (Å²) in [5, 5.41) is 41.5. The number of hydrogen-bond donors (Lipinski definition) is 7. The normalized spacial score (nSPS) is 19.2. The molecule has 2 aromatic rings. The van der Waals surface area contributed by atoms with Gasteiger partial charge in [0.2, 0.25) is 11.8 Å². The van der Waals surface area contributed by atoms with E-state index in [0.717, 1.165) is 24.0 Å². The van der Waals surface area contributed by atoms with Gasteiger partial charge in [-0.15, -0.1) is 0 Å². The zero-order valence-electron chi connectivity index (χ0n) is 36.2. The highest BCUT2D eigenvalue weighted by molar-refractivity contribution is 6.38. The van der Waals surface area contributed by atoms with Crippen molar-refractivity contribution in [3.63, 3.8) is 0 Å². The molecule has 0 unspecified atom stereocenters. The second-order valence-corrected chi connectivity index (χ2v) is 16.8. The first-order valence-electron chi connectivity index (χ1n) is 20.6. The maximum atomic E-state index is 13.3. The summed E-state index contributed by atoms with van der Waals surface area (Å²) in [6.07, 6.45) is -0.685. The zero-order valence-corrected chi connectivity index (χ0v) is 37.7. The van der Waals surface area contributed by atoms with Crippen molar-refractivity contribution in [2.45, 2.75) is 141 Å². The van der Waals surface area contributed by atoms with Crippen LogP contribution in [0, 0.1) is 6.92 Å². The van der Waals surface area contributed by atoms with Crippen molar-refractivity contribution in [2.24, 2.45) is 0 Å². The summed E-state index contributed by atoms with van der Waals surface area (Å²) in [6.45, 7) is 7.07. The summed E-state index contributed by atoms with van der Waals surface area (Å²) < 4.78 is 26.7. The van der Waals surface area contributed by atoms with Crippen LogP contribution in [0.5, 0.6) is 5.75 Å². The molecule has 1 aliphatic heterocycles. The Morgan fingerprint density at radius 2 is 1.55 bits per heavy atom. The molecule has 62 heavy (non-hydrogen) atoms. The van der Waals surface area contributed by atoms with Crippen molar-refractivity contribution in [3.05, 3.63) is 62.6 Å². The maximum absolute atomic E-state index is 13.3. The van der Waals surface area contributed by atoms with Crippen molar-refractivity contribution < 1.29 is 63.0 Å². The molecular weight excluding hydrogens is 851 g/mol. The Kier molecular flexibility index (Phi) is 21.7. The second kappa shape index (κ2) is 25.8. The Morgan fingerprint density at radius 1 is 0.887 bits per heavy atom. The number of esters is 1. The smallest absolute Gasteiger partial charge is 0.408 e. The molecule has 0 spiro atoms. The van der Waals surface area contributed by atoms with E-state index in [2.05, 4.69) is 21.3 Å². The van der Waals surface area contributed by atoms with Crippen molar-refractivity contribution in [2.75, 3.05) is 27.4 Å². The van der Waals surface area contributed by atoms with Crippen LogP contribution in [0.1, 0.15) is 106 Å². The van der Waals surface area contributed by atoms with Crippen molar-refractivity contribution in [1.29, 1.82) is 0 Å². The van der Waals surface area contributed by atoms with E-state index in [1.54, 1.807) is 27.7 Å². The molecule has 6 atom stereocenters. The number of ether oxygens (including phenoxy) is 5. The lowest BCUT2D eigenvalue weighted by Crippen LogP contribution is -2.64. The molecular formula is C43H62Cl2N4O13. The monoisotopic (exact) mass is 912 g/mol. The van der Waals surface area contributed by atoms with Gasteiger partial charge in [-0.2, -0.15) is 0 Å². The largest absolute Gasteiger partial charge is 0.486 e. The summed E-state index contributed by atoms with van der Waals surface area (Å²) in [7, 11) is 2.55. The number of nitrogens with one attached hydrogen (secondary N) is 4. The van der Waals surface area contributed by atoms with Crippen LogP contribution < -0.4 is 26.0 Å². The number of halogens is 2. The standard InChI is InChI=1S/C43H62Cl2N4O13/c1-25-28(39(55)49-35-37(54)36(53)31(23-50)61-41(35)59-6)21-29(44)38(34(25)45)60-24-27-15-13-14-26(20-27)22-47-33(52)18-10-8-7-9-17-32(51)46-19-12-11-16-30(40(56)58-5)48-42(57)62-43(2,3)4/h13-15,20-21,30-31,35-37,41,50,53-54H,7-12,16-19,22-24H2,1-6H3,(H,46,51)(H,47,52)(H,48,57)(H,49,55)/t30-,31+,35+,36+,37+,41-/m0/s1. The predicted molar refractivity (Wildman–Crippen MR) is 230 cm³/mol. The highest BCUT2D eigenvalue weighted by Gasteiger charge is 2.45. The average molecular weight is 914 g/mol. The first-order chi connectivity index (χ1) is 29.4. The molecule has 1 fully saturated rings. The van der Waals surface area contributed by atoms with Crippen LogP contribution in [0.4, 0.5) is 4.79 Å². The minimum atomic E-state index is -1.50. The van der Waals surface area contributed by atoms with Gasteiger partial charge in [-0.1, -0.05) is 60.3 Å². The Hall–Kier alpha value is -4.23. The third-order valence-electron chi connectivity index (χ3n) is 9.92. The van der Waals surface area contributed by atoms with E-state index in [1.165, 1.54) is 20.3 Å². The van der Waals surface area contributed by atoms with Gasteiger partial charge >= 0.3 is 12.1 Å². The number of rotatable bonds is 23. The minimum Gasteiger partial charge on any atom is -0.486 e. The molecule has 1 aliphatic rings. The predicted octanol–water partition coefficient (Wildman–Crippen LogP) is 4.37. The number of carbonyl (C=O) groups is 5. The molecule has 4 amide bonds. The van der Waals surface area contributed by atoms with E-state index in [1.807, 2.05) is 24.3 Å². The zero-order chi connectivity index (χ0) is 46.0. The van der Waals surface area contributed by atoms with Crippen molar-refractivity contribution in [3.8, 4) is 5.75 Å². The Labute approximate surface area is 372 Å². The van der Waals surface area contributed by atoms with E-state index >= 15 is 0 Å².